The van der Waals surface area contributed by atoms with E-state index in [-0.39, 0.29) is 5.56 Å². The summed E-state index contributed by atoms with van der Waals surface area (Å²) in [7, 11) is 0. The zero-order valence-electron chi connectivity index (χ0n) is 12.9. The van der Waals surface area contributed by atoms with Gasteiger partial charge >= 0.3 is 5.97 Å². The van der Waals surface area contributed by atoms with Crippen molar-refractivity contribution in [2.24, 2.45) is 0 Å². The summed E-state index contributed by atoms with van der Waals surface area (Å²) in [4.78, 5) is 12.2. The molecule has 0 aliphatic carbocycles. The Hall–Kier alpha value is -2.14. The van der Waals surface area contributed by atoms with E-state index in [0.717, 1.165) is 16.0 Å². The van der Waals surface area contributed by atoms with Gasteiger partial charge in [0, 0.05) is 9.92 Å². The van der Waals surface area contributed by atoms with Crippen LogP contribution in [0, 0.1) is 0 Å². The van der Waals surface area contributed by atoms with Gasteiger partial charge in [0.1, 0.15) is 0 Å². The van der Waals surface area contributed by atoms with Crippen molar-refractivity contribution in [3.05, 3.63) is 82.3 Å². The second kappa shape index (κ2) is 7.83. The standard InChI is InChI=1S/C19H13Cl2NO2S/c20-14-7-9-16(21)18(11-14)25-22-17-10-13(6-8-15(17)19(23)24)12-4-2-1-3-5-12/h1-11,22H,(H,23,24). The molecule has 0 saturated carbocycles. The molecule has 3 aromatic carbocycles. The summed E-state index contributed by atoms with van der Waals surface area (Å²) in [6.07, 6.45) is 0. The summed E-state index contributed by atoms with van der Waals surface area (Å²) >= 11 is 13.4. The maximum atomic E-state index is 11.5. The second-order valence-electron chi connectivity index (χ2n) is 5.21. The fourth-order valence-corrected chi connectivity index (χ4v) is 3.50. The van der Waals surface area contributed by atoms with Crippen molar-refractivity contribution in [3.8, 4) is 11.1 Å². The van der Waals surface area contributed by atoms with Crippen molar-refractivity contribution in [1.29, 1.82) is 0 Å². The highest BCUT2D eigenvalue weighted by Crippen LogP contribution is 2.33. The van der Waals surface area contributed by atoms with Crippen LogP contribution in [0.3, 0.4) is 0 Å². The first kappa shape index (κ1) is 17.7. The molecule has 0 spiro atoms. The second-order valence-corrected chi connectivity index (χ2v) is 6.90. The Labute approximate surface area is 159 Å². The number of halogens is 2. The third-order valence-corrected chi connectivity index (χ3v) is 5.08. The van der Waals surface area contributed by atoms with E-state index in [1.54, 1.807) is 30.3 Å². The lowest BCUT2D eigenvalue weighted by molar-refractivity contribution is 0.0698. The van der Waals surface area contributed by atoms with Crippen molar-refractivity contribution in [1.82, 2.24) is 0 Å². The van der Waals surface area contributed by atoms with Crippen LogP contribution >= 0.6 is 35.1 Å². The molecule has 0 heterocycles. The maximum Gasteiger partial charge on any atom is 0.337 e. The van der Waals surface area contributed by atoms with E-state index in [4.69, 9.17) is 23.2 Å². The van der Waals surface area contributed by atoms with Gasteiger partial charge in [-0.05, 0) is 53.4 Å². The minimum atomic E-state index is -1.00. The summed E-state index contributed by atoms with van der Waals surface area (Å²) in [6.45, 7) is 0. The lowest BCUT2D eigenvalue weighted by Crippen LogP contribution is -2.02. The molecule has 6 heteroatoms. The third-order valence-electron chi connectivity index (χ3n) is 3.52. The topological polar surface area (TPSA) is 49.3 Å². The number of anilines is 1. The number of aromatic carboxylic acids is 1. The summed E-state index contributed by atoms with van der Waals surface area (Å²) in [5, 5.41) is 10.5. The maximum absolute atomic E-state index is 11.5. The number of benzene rings is 3. The summed E-state index contributed by atoms with van der Waals surface area (Å²) in [5.74, 6) is -1.00. The van der Waals surface area contributed by atoms with Crippen molar-refractivity contribution in [2.75, 3.05) is 4.72 Å². The van der Waals surface area contributed by atoms with Gasteiger partial charge in [-0.3, -0.25) is 0 Å². The van der Waals surface area contributed by atoms with E-state index < -0.39 is 5.97 Å². The predicted octanol–water partition coefficient (Wildman–Crippen LogP) is 6.48. The molecule has 0 radical (unpaired) electrons. The van der Waals surface area contributed by atoms with Gasteiger partial charge in [-0.15, -0.1) is 0 Å². The van der Waals surface area contributed by atoms with E-state index in [0.29, 0.717) is 15.7 Å². The number of hydrogen-bond acceptors (Lipinski definition) is 3. The van der Waals surface area contributed by atoms with Crippen molar-refractivity contribution in [2.45, 2.75) is 4.90 Å². The van der Waals surface area contributed by atoms with Gasteiger partial charge < -0.3 is 9.83 Å². The lowest BCUT2D eigenvalue weighted by Gasteiger charge is -2.12. The van der Waals surface area contributed by atoms with E-state index in [1.807, 2.05) is 36.4 Å². The van der Waals surface area contributed by atoms with Gasteiger partial charge in [-0.1, -0.05) is 59.6 Å². The van der Waals surface area contributed by atoms with Crippen molar-refractivity contribution in [3.63, 3.8) is 0 Å². The van der Waals surface area contributed by atoms with Crippen LogP contribution in [-0.2, 0) is 0 Å². The van der Waals surface area contributed by atoms with Crippen LogP contribution in [0.5, 0.6) is 0 Å². The minimum absolute atomic E-state index is 0.185. The molecule has 126 valence electrons. The molecule has 0 unspecified atom stereocenters. The van der Waals surface area contributed by atoms with Gasteiger partial charge in [0.2, 0.25) is 0 Å². The molecule has 3 rings (SSSR count). The predicted molar refractivity (Wildman–Crippen MR) is 105 cm³/mol. The smallest absolute Gasteiger partial charge is 0.337 e. The van der Waals surface area contributed by atoms with Gasteiger partial charge in [0.25, 0.3) is 0 Å². The average Bonchev–Trinajstić information content (AvgIpc) is 2.63. The van der Waals surface area contributed by atoms with Crippen LogP contribution in [0.2, 0.25) is 10.0 Å². The van der Waals surface area contributed by atoms with Crippen LogP contribution in [0.25, 0.3) is 11.1 Å². The average molecular weight is 390 g/mol. The van der Waals surface area contributed by atoms with Crippen LogP contribution in [0.4, 0.5) is 5.69 Å². The Kier molecular flexibility index (Phi) is 5.53. The fourth-order valence-electron chi connectivity index (χ4n) is 2.29. The van der Waals surface area contributed by atoms with E-state index in [9.17, 15) is 9.90 Å². The molecule has 0 aliphatic rings. The number of nitrogens with one attached hydrogen (secondary N) is 1. The van der Waals surface area contributed by atoms with E-state index in [2.05, 4.69) is 4.72 Å². The molecule has 3 nitrogen and oxygen atoms in total. The molecule has 0 amide bonds. The minimum Gasteiger partial charge on any atom is -0.478 e. The highest BCUT2D eigenvalue weighted by Gasteiger charge is 2.13. The van der Waals surface area contributed by atoms with E-state index >= 15 is 0 Å². The molecule has 3 aromatic rings. The first-order valence-corrected chi connectivity index (χ1v) is 8.92. The Morgan fingerprint density at radius 2 is 1.68 bits per heavy atom. The van der Waals surface area contributed by atoms with Gasteiger partial charge in [-0.25, -0.2) is 4.79 Å². The number of carboxylic acids is 1. The highest BCUT2D eigenvalue weighted by atomic mass is 35.5. The zero-order valence-corrected chi connectivity index (χ0v) is 15.2. The molecular formula is C19H13Cl2NO2S. The molecule has 0 aliphatic heterocycles. The molecule has 2 N–H and O–H groups in total. The van der Waals surface area contributed by atoms with Crippen molar-refractivity contribution < 1.29 is 9.90 Å². The van der Waals surface area contributed by atoms with Crippen LogP contribution in [0.15, 0.2) is 71.6 Å². The number of hydrogen-bond donors (Lipinski definition) is 2. The highest BCUT2D eigenvalue weighted by molar-refractivity contribution is 8.00. The molecule has 0 bridgehead atoms. The molecule has 0 fully saturated rings. The molecule has 0 aromatic heterocycles. The fraction of sp³-hybridized carbons (Fsp3) is 0. The number of carbonyl (C=O) groups is 1. The summed E-state index contributed by atoms with van der Waals surface area (Å²) in [5.41, 5.74) is 2.61. The van der Waals surface area contributed by atoms with Crippen LogP contribution in [-0.4, -0.2) is 11.1 Å². The van der Waals surface area contributed by atoms with Gasteiger partial charge in [0.15, 0.2) is 0 Å². The Morgan fingerprint density at radius 3 is 2.40 bits per heavy atom. The first-order valence-electron chi connectivity index (χ1n) is 7.35. The third kappa shape index (κ3) is 4.28. The van der Waals surface area contributed by atoms with Crippen LogP contribution in [0.1, 0.15) is 10.4 Å². The van der Waals surface area contributed by atoms with Gasteiger partial charge in [-0.2, -0.15) is 0 Å². The Bertz CT molecular complexity index is 917. The lowest BCUT2D eigenvalue weighted by atomic mass is 10.0. The van der Waals surface area contributed by atoms with Crippen LogP contribution < -0.4 is 4.72 Å². The SMILES string of the molecule is O=C(O)c1ccc(-c2ccccc2)cc1NSc1cc(Cl)ccc1Cl. The molecule has 25 heavy (non-hydrogen) atoms. The summed E-state index contributed by atoms with van der Waals surface area (Å²) < 4.78 is 3.08. The normalized spacial score (nSPS) is 10.5. The monoisotopic (exact) mass is 389 g/mol. The first-order chi connectivity index (χ1) is 12.0. The molecular weight excluding hydrogens is 377 g/mol. The number of carboxylic acid groups (broad SMARTS) is 1. The van der Waals surface area contributed by atoms with E-state index in [1.165, 1.54) is 11.9 Å². The van der Waals surface area contributed by atoms with Gasteiger partial charge in [0.05, 0.1) is 16.3 Å². The van der Waals surface area contributed by atoms with Crippen molar-refractivity contribution >= 4 is 46.8 Å². The molecule has 0 saturated heterocycles. The largest absolute Gasteiger partial charge is 0.478 e. The number of rotatable bonds is 5. The zero-order chi connectivity index (χ0) is 17.8. The quantitative estimate of drug-likeness (QED) is 0.490. The Balaban J connectivity index is 1.93. The summed E-state index contributed by atoms with van der Waals surface area (Å²) in [6, 6.07) is 20.1. The molecule has 0 atom stereocenters. The Morgan fingerprint density at radius 1 is 0.920 bits per heavy atom.